The number of anilines is 1. The topological polar surface area (TPSA) is 209 Å². The van der Waals surface area contributed by atoms with Gasteiger partial charge >= 0.3 is 5.97 Å². The van der Waals surface area contributed by atoms with Crippen molar-refractivity contribution in [2.75, 3.05) is 37.2 Å². The van der Waals surface area contributed by atoms with Gasteiger partial charge in [0.05, 0.1) is 25.6 Å². The molecule has 1 aliphatic rings. The summed E-state index contributed by atoms with van der Waals surface area (Å²) in [6, 6.07) is 14.5. The Labute approximate surface area is 315 Å². The molecular weight excluding hydrogens is 705 g/mol. The zero-order valence-electron chi connectivity index (χ0n) is 30.4. The minimum Gasteiger partial charge on any atom is -0.461 e. The first kappa shape index (κ1) is 43.9. The van der Waals surface area contributed by atoms with Crippen LogP contribution in [0.1, 0.15) is 64.0 Å². The van der Waals surface area contributed by atoms with Crippen LogP contribution in [-0.2, 0) is 56.1 Å². The van der Waals surface area contributed by atoms with Gasteiger partial charge in [0.25, 0.3) is 0 Å². The first-order chi connectivity index (χ1) is 25.4. The van der Waals surface area contributed by atoms with Crippen LogP contribution in [0, 0.1) is 5.92 Å². The second kappa shape index (κ2) is 24.1. The van der Waals surface area contributed by atoms with Gasteiger partial charge in [-0.15, -0.1) is 0 Å². The molecule has 1 aliphatic heterocycles. The second-order valence-corrected chi connectivity index (χ2v) is 12.2. The number of hydrogen-bond donors (Lipinski definition) is 6. The highest BCUT2D eigenvalue weighted by Crippen LogP contribution is 2.21. The predicted octanol–water partition coefficient (Wildman–Crippen LogP) is 1.66. The van der Waals surface area contributed by atoms with Crippen molar-refractivity contribution < 1.29 is 43.1 Å². The highest BCUT2D eigenvalue weighted by molar-refractivity contribution is 7.80. The lowest BCUT2D eigenvalue weighted by atomic mass is 10.1. The van der Waals surface area contributed by atoms with E-state index in [1.165, 1.54) is 11.8 Å². The summed E-state index contributed by atoms with van der Waals surface area (Å²) in [4.78, 5) is 99.0. The third-order valence-corrected chi connectivity index (χ3v) is 8.21. The highest BCUT2D eigenvalue weighted by Gasteiger charge is 2.36. The normalized spacial score (nSPS) is 13.9. The maximum atomic E-state index is 13.1. The maximum absolute atomic E-state index is 13.1. The fourth-order valence-corrected chi connectivity index (χ4v) is 5.32. The van der Waals surface area contributed by atoms with Gasteiger partial charge in [-0.25, -0.2) is 0 Å². The summed E-state index contributed by atoms with van der Waals surface area (Å²) in [7, 11) is 0. The van der Waals surface area contributed by atoms with E-state index >= 15 is 0 Å². The molecule has 16 heteroatoms. The number of imide groups is 1. The molecule has 0 spiro atoms. The Morgan fingerprint density at radius 3 is 2.08 bits per heavy atom. The Balaban J connectivity index is 0.00000477. The number of nitrogens with zero attached hydrogens (tertiary/aromatic N) is 1. The molecule has 2 aromatic rings. The van der Waals surface area contributed by atoms with Crippen molar-refractivity contribution in [3.8, 4) is 0 Å². The van der Waals surface area contributed by atoms with Crippen LogP contribution in [0.15, 0.2) is 54.6 Å². The molecule has 5 N–H and O–H groups in total. The Morgan fingerprint density at radius 1 is 0.792 bits per heavy atom. The van der Waals surface area contributed by atoms with E-state index in [0.29, 0.717) is 37.2 Å². The molecule has 3 rings (SSSR count). The van der Waals surface area contributed by atoms with Gasteiger partial charge in [-0.05, 0) is 36.1 Å². The molecule has 2 aromatic carbocycles. The van der Waals surface area contributed by atoms with Gasteiger partial charge in [-0.2, -0.15) is 12.6 Å². The van der Waals surface area contributed by atoms with Crippen LogP contribution in [0.4, 0.5) is 5.69 Å². The summed E-state index contributed by atoms with van der Waals surface area (Å²) < 4.78 is 4.94. The molecule has 53 heavy (non-hydrogen) atoms. The van der Waals surface area contributed by atoms with Gasteiger partial charge in [-0.1, -0.05) is 62.7 Å². The van der Waals surface area contributed by atoms with E-state index in [2.05, 4.69) is 39.2 Å². The Morgan fingerprint density at radius 2 is 1.43 bits per heavy atom. The van der Waals surface area contributed by atoms with Gasteiger partial charge in [0.15, 0.2) is 0 Å². The SMILES string of the molecule is CC.CC(=O)OCc1ccc(NC(=O)CNC(=O)[C@H](Cc2ccccc2)NC(=O)CNC(=O)CNC(=O)CCCCCN2C(=O)CC(CS)C2=O)cc1. The molecule has 7 amide bonds. The molecular formula is C37H50N6O9S. The van der Waals surface area contributed by atoms with Crippen molar-refractivity contribution in [1.29, 1.82) is 0 Å². The van der Waals surface area contributed by atoms with Gasteiger partial charge in [0, 0.05) is 44.2 Å². The van der Waals surface area contributed by atoms with E-state index in [1.807, 2.05) is 13.8 Å². The smallest absolute Gasteiger partial charge is 0.302 e. The molecule has 0 saturated carbocycles. The molecule has 0 radical (unpaired) electrons. The monoisotopic (exact) mass is 754 g/mol. The Hall–Kier alpha value is -5.25. The molecule has 1 fully saturated rings. The zero-order chi connectivity index (χ0) is 39.2. The third-order valence-electron chi connectivity index (χ3n) is 7.77. The molecule has 0 aromatic heterocycles. The van der Waals surface area contributed by atoms with Crippen molar-refractivity contribution in [3.63, 3.8) is 0 Å². The van der Waals surface area contributed by atoms with Gasteiger partial charge in [0.1, 0.15) is 12.6 Å². The van der Waals surface area contributed by atoms with Crippen LogP contribution in [0.25, 0.3) is 0 Å². The molecule has 1 heterocycles. The quantitative estimate of drug-likeness (QED) is 0.0502. The second-order valence-electron chi connectivity index (χ2n) is 11.9. The van der Waals surface area contributed by atoms with E-state index < -0.39 is 42.2 Å². The number of benzene rings is 2. The van der Waals surface area contributed by atoms with Gasteiger partial charge in [0.2, 0.25) is 41.4 Å². The Kier molecular flexibility index (Phi) is 19.9. The number of esters is 1. The van der Waals surface area contributed by atoms with E-state index in [4.69, 9.17) is 4.74 Å². The molecule has 2 atom stereocenters. The first-order valence-corrected chi connectivity index (χ1v) is 18.2. The van der Waals surface area contributed by atoms with Crippen molar-refractivity contribution in [2.24, 2.45) is 5.92 Å². The molecule has 0 bridgehead atoms. The number of thiol groups is 1. The molecule has 288 valence electrons. The summed E-state index contributed by atoms with van der Waals surface area (Å²) in [6.07, 6.45) is 2.12. The summed E-state index contributed by atoms with van der Waals surface area (Å²) in [6.45, 7) is 4.52. The number of amides is 7. The highest BCUT2D eigenvalue weighted by atomic mass is 32.1. The minimum atomic E-state index is -1.06. The number of nitrogens with one attached hydrogen (secondary N) is 5. The number of hydrogen-bond acceptors (Lipinski definition) is 10. The van der Waals surface area contributed by atoms with Crippen LogP contribution in [0.5, 0.6) is 0 Å². The van der Waals surface area contributed by atoms with Crippen molar-refractivity contribution in [2.45, 2.75) is 71.9 Å². The van der Waals surface area contributed by atoms with Crippen molar-refractivity contribution in [1.82, 2.24) is 26.2 Å². The molecule has 15 nitrogen and oxygen atoms in total. The number of unbranched alkanes of at least 4 members (excludes halogenated alkanes) is 2. The fraction of sp³-hybridized carbons (Fsp3) is 0.459. The van der Waals surface area contributed by atoms with Crippen molar-refractivity contribution >= 4 is 65.6 Å². The van der Waals surface area contributed by atoms with Crippen LogP contribution in [0.3, 0.4) is 0 Å². The van der Waals surface area contributed by atoms with Gasteiger partial charge in [-0.3, -0.25) is 43.3 Å². The summed E-state index contributed by atoms with van der Waals surface area (Å²) in [5.41, 5.74) is 1.95. The molecule has 1 saturated heterocycles. The standard InChI is InChI=1S/C35H44N6O9S.C2H6/c1-23(42)50-21-25-11-13-27(14-12-25)39-31(45)20-38-34(48)28(16-24-8-4-2-5-9-24)40-32(46)19-37-30(44)18-36-29(43)10-6-3-7-15-41-33(47)17-26(22-51)35(41)49;1-2/h2,4-5,8-9,11-14,26,28,51H,3,6-7,10,15-22H2,1H3,(H,36,43)(H,37,44)(H,38,48)(H,39,45)(H,40,46);1-2H3/t26?,28-;/m0./s1. The third kappa shape index (κ3) is 16.8. The van der Waals surface area contributed by atoms with Crippen LogP contribution in [0.2, 0.25) is 0 Å². The molecule has 0 aliphatic carbocycles. The number of ether oxygens (including phenoxy) is 1. The lowest BCUT2D eigenvalue weighted by Crippen LogP contribution is -2.52. The van der Waals surface area contributed by atoms with E-state index in [9.17, 15) is 38.4 Å². The van der Waals surface area contributed by atoms with E-state index in [0.717, 1.165) is 11.1 Å². The first-order valence-electron chi connectivity index (χ1n) is 17.6. The van der Waals surface area contributed by atoms with Crippen LogP contribution >= 0.6 is 12.6 Å². The predicted molar refractivity (Wildman–Crippen MR) is 200 cm³/mol. The summed E-state index contributed by atoms with van der Waals surface area (Å²) >= 11 is 4.11. The minimum absolute atomic E-state index is 0.101. The fourth-order valence-electron chi connectivity index (χ4n) is 5.04. The molecule has 1 unspecified atom stereocenters. The van der Waals surface area contributed by atoms with E-state index in [-0.39, 0.29) is 62.6 Å². The van der Waals surface area contributed by atoms with Crippen molar-refractivity contribution in [3.05, 3.63) is 65.7 Å². The number of carbonyl (C=O) groups is 8. The number of carbonyl (C=O) groups excluding carboxylic acids is 8. The average Bonchev–Trinajstić information content (AvgIpc) is 3.43. The lowest BCUT2D eigenvalue weighted by molar-refractivity contribution is -0.142. The van der Waals surface area contributed by atoms with Gasteiger partial charge < -0.3 is 31.3 Å². The average molecular weight is 755 g/mol. The van der Waals surface area contributed by atoms with E-state index in [1.54, 1.807) is 54.6 Å². The summed E-state index contributed by atoms with van der Waals surface area (Å²) in [5.74, 6) is -3.61. The maximum Gasteiger partial charge on any atom is 0.302 e. The lowest BCUT2D eigenvalue weighted by Gasteiger charge is -2.19. The van der Waals surface area contributed by atoms with Crippen LogP contribution in [-0.4, -0.2) is 90.2 Å². The Bertz CT molecular complexity index is 1560. The van der Waals surface area contributed by atoms with Crippen LogP contribution < -0.4 is 26.6 Å². The zero-order valence-corrected chi connectivity index (χ0v) is 31.3. The number of likely N-dealkylation sites (tertiary alicyclic amines) is 1. The largest absolute Gasteiger partial charge is 0.461 e. The number of rotatable bonds is 20. The summed E-state index contributed by atoms with van der Waals surface area (Å²) in [5, 5.41) is 12.7.